The van der Waals surface area contributed by atoms with Crippen molar-refractivity contribution in [2.24, 2.45) is 11.8 Å². The minimum atomic E-state index is -0.755. The van der Waals surface area contributed by atoms with Crippen LogP contribution in [0.4, 0.5) is 4.79 Å². The van der Waals surface area contributed by atoms with Gasteiger partial charge in [0.05, 0.1) is 12.2 Å². The highest BCUT2D eigenvalue weighted by molar-refractivity contribution is 5.79. The number of allylic oxidation sites excluding steroid dienone is 2. The zero-order valence-corrected chi connectivity index (χ0v) is 17.9. The van der Waals surface area contributed by atoms with Crippen molar-refractivity contribution < 1.29 is 29.0 Å². The molecule has 2 heterocycles. The number of unbranched alkanes of at least 4 members (excludes halogenated alkanes) is 2. The summed E-state index contributed by atoms with van der Waals surface area (Å²) < 4.78 is 11.0. The molecule has 2 fully saturated rings. The summed E-state index contributed by atoms with van der Waals surface area (Å²) in [7, 11) is 0. The number of ether oxygens (including phenoxy) is 2. The fraction of sp³-hybridized carbons (Fsp3) is 0.773. The topological polar surface area (TPSA) is 114 Å². The summed E-state index contributed by atoms with van der Waals surface area (Å²) in [5, 5.41) is 14.1. The summed E-state index contributed by atoms with van der Waals surface area (Å²) >= 11 is 0. The van der Waals surface area contributed by atoms with Crippen molar-refractivity contribution in [3.63, 3.8) is 0 Å². The number of amides is 2. The molecule has 2 rings (SSSR count). The fourth-order valence-electron chi connectivity index (χ4n) is 4.32. The van der Waals surface area contributed by atoms with Gasteiger partial charge in [0.2, 0.25) is 0 Å². The standard InChI is InChI=1S/C22H36N2O6/c1-2-3-13-24-22(28)29-15-20(25)23-14-12-17-16(18-10-11-19(17)30-18)8-6-4-5-7-9-21(26)27/h4,6,16-19H,2-3,5,7-15H2,1H3,(H,23,25)(H,24,28)(H,26,27)/t16-,17+,18-,19+/m1/s1. The predicted octanol–water partition coefficient (Wildman–Crippen LogP) is 3.01. The Morgan fingerprint density at radius 2 is 1.83 bits per heavy atom. The second-order valence-electron chi connectivity index (χ2n) is 8.11. The molecule has 4 atom stereocenters. The zero-order chi connectivity index (χ0) is 21.8. The molecule has 2 bridgehead atoms. The SMILES string of the molecule is CCCCNC(=O)OCC(=O)NCC[C@H]1[C@@H](CC=CCCCC(=O)O)[C@H]2CC[C@@H]1O2. The Hall–Kier alpha value is -2.09. The molecule has 0 aromatic heterocycles. The van der Waals surface area contributed by atoms with Crippen LogP contribution in [-0.4, -0.2) is 55.0 Å². The number of hydrogen-bond donors (Lipinski definition) is 3. The van der Waals surface area contributed by atoms with Crippen LogP contribution in [0.15, 0.2) is 12.2 Å². The number of carbonyl (C=O) groups excluding carboxylic acids is 2. The Morgan fingerprint density at radius 3 is 2.57 bits per heavy atom. The zero-order valence-electron chi connectivity index (χ0n) is 17.9. The first kappa shape index (κ1) is 24.2. The van der Waals surface area contributed by atoms with Gasteiger partial charge in [0, 0.05) is 19.5 Å². The monoisotopic (exact) mass is 424 g/mol. The van der Waals surface area contributed by atoms with Crippen LogP contribution in [0.3, 0.4) is 0 Å². The molecule has 30 heavy (non-hydrogen) atoms. The van der Waals surface area contributed by atoms with Crippen molar-refractivity contribution in [3.05, 3.63) is 12.2 Å². The maximum absolute atomic E-state index is 11.9. The third-order valence-corrected chi connectivity index (χ3v) is 5.86. The molecule has 8 nitrogen and oxygen atoms in total. The molecule has 0 spiro atoms. The molecular formula is C22H36N2O6. The molecule has 170 valence electrons. The fourth-order valence-corrected chi connectivity index (χ4v) is 4.32. The number of fused-ring (bicyclic) bond motifs is 2. The van der Waals surface area contributed by atoms with Crippen LogP contribution in [0, 0.1) is 11.8 Å². The van der Waals surface area contributed by atoms with E-state index in [9.17, 15) is 14.4 Å². The smallest absolute Gasteiger partial charge is 0.407 e. The van der Waals surface area contributed by atoms with Crippen LogP contribution >= 0.6 is 0 Å². The van der Waals surface area contributed by atoms with E-state index in [0.29, 0.717) is 31.3 Å². The Kier molecular flexibility index (Phi) is 10.7. The lowest BCUT2D eigenvalue weighted by molar-refractivity contribution is -0.137. The molecule has 0 aromatic carbocycles. The maximum atomic E-state index is 11.9. The Bertz CT molecular complexity index is 594. The number of nitrogens with one attached hydrogen (secondary N) is 2. The van der Waals surface area contributed by atoms with Gasteiger partial charge < -0.3 is 25.2 Å². The van der Waals surface area contributed by atoms with Crippen LogP contribution in [0.1, 0.15) is 64.7 Å². The first-order valence-corrected chi connectivity index (χ1v) is 11.2. The van der Waals surface area contributed by atoms with Crippen molar-refractivity contribution in [3.8, 4) is 0 Å². The summed E-state index contributed by atoms with van der Waals surface area (Å²) in [6.45, 7) is 2.85. The van der Waals surface area contributed by atoms with Crippen LogP contribution in [0.25, 0.3) is 0 Å². The van der Waals surface area contributed by atoms with E-state index < -0.39 is 12.1 Å². The molecule has 0 saturated carbocycles. The number of carboxylic acids is 1. The minimum absolute atomic E-state index is 0.202. The van der Waals surface area contributed by atoms with E-state index in [0.717, 1.165) is 44.9 Å². The molecule has 2 aliphatic heterocycles. The summed E-state index contributed by atoms with van der Waals surface area (Å²) in [6, 6.07) is 0. The van der Waals surface area contributed by atoms with Gasteiger partial charge in [0.1, 0.15) is 0 Å². The number of alkyl carbamates (subject to hydrolysis) is 1. The summed E-state index contributed by atoms with van der Waals surface area (Å²) in [5.74, 6) is -0.197. The van der Waals surface area contributed by atoms with Gasteiger partial charge in [-0.05, 0) is 56.8 Å². The van der Waals surface area contributed by atoms with Crippen LogP contribution < -0.4 is 10.6 Å². The van der Waals surface area contributed by atoms with Gasteiger partial charge in [-0.3, -0.25) is 9.59 Å². The lowest BCUT2D eigenvalue weighted by atomic mass is 9.76. The highest BCUT2D eigenvalue weighted by Gasteiger charge is 2.47. The molecule has 0 aromatic rings. The van der Waals surface area contributed by atoms with Gasteiger partial charge in [-0.1, -0.05) is 25.5 Å². The molecule has 0 unspecified atom stereocenters. The number of carbonyl (C=O) groups is 3. The quantitative estimate of drug-likeness (QED) is 0.292. The van der Waals surface area contributed by atoms with Crippen molar-refractivity contribution in [2.45, 2.75) is 76.9 Å². The highest BCUT2D eigenvalue weighted by atomic mass is 16.6. The number of rotatable bonds is 14. The van der Waals surface area contributed by atoms with Gasteiger partial charge in [0.15, 0.2) is 6.61 Å². The Balaban J connectivity index is 1.64. The van der Waals surface area contributed by atoms with Crippen LogP contribution in [0.5, 0.6) is 0 Å². The number of aliphatic carboxylic acids is 1. The normalized spacial score (nSPS) is 24.8. The lowest BCUT2D eigenvalue weighted by Crippen LogP contribution is -2.35. The van der Waals surface area contributed by atoms with Gasteiger partial charge in [-0.15, -0.1) is 0 Å². The third-order valence-electron chi connectivity index (χ3n) is 5.86. The number of carboxylic acid groups (broad SMARTS) is 1. The first-order valence-electron chi connectivity index (χ1n) is 11.2. The maximum Gasteiger partial charge on any atom is 0.407 e. The Morgan fingerprint density at radius 1 is 1.07 bits per heavy atom. The van der Waals surface area contributed by atoms with Crippen LogP contribution in [-0.2, 0) is 19.1 Å². The van der Waals surface area contributed by atoms with E-state index in [-0.39, 0.29) is 31.1 Å². The van der Waals surface area contributed by atoms with Crippen molar-refractivity contribution >= 4 is 18.0 Å². The van der Waals surface area contributed by atoms with Gasteiger partial charge in [-0.2, -0.15) is 0 Å². The number of hydrogen-bond acceptors (Lipinski definition) is 5. The molecule has 3 N–H and O–H groups in total. The molecule has 2 amide bonds. The molecule has 8 heteroatoms. The van der Waals surface area contributed by atoms with E-state index in [2.05, 4.69) is 22.8 Å². The van der Waals surface area contributed by atoms with E-state index in [1.165, 1.54) is 0 Å². The largest absolute Gasteiger partial charge is 0.481 e. The summed E-state index contributed by atoms with van der Waals surface area (Å²) in [6.07, 6.45) is 11.6. The van der Waals surface area contributed by atoms with E-state index in [1.807, 2.05) is 6.92 Å². The van der Waals surface area contributed by atoms with Crippen molar-refractivity contribution in [2.75, 3.05) is 19.7 Å². The van der Waals surface area contributed by atoms with Gasteiger partial charge >= 0.3 is 12.1 Å². The third kappa shape index (κ3) is 8.34. The van der Waals surface area contributed by atoms with Crippen LogP contribution in [0.2, 0.25) is 0 Å². The van der Waals surface area contributed by atoms with Crippen molar-refractivity contribution in [1.29, 1.82) is 0 Å². The highest BCUT2D eigenvalue weighted by Crippen LogP contribution is 2.46. The van der Waals surface area contributed by atoms with E-state index >= 15 is 0 Å². The summed E-state index contributed by atoms with van der Waals surface area (Å²) in [4.78, 5) is 33.9. The average Bonchev–Trinajstić information content (AvgIpc) is 3.31. The van der Waals surface area contributed by atoms with Gasteiger partial charge in [0.25, 0.3) is 5.91 Å². The second kappa shape index (κ2) is 13.3. The van der Waals surface area contributed by atoms with E-state index in [4.69, 9.17) is 14.6 Å². The van der Waals surface area contributed by atoms with Crippen molar-refractivity contribution in [1.82, 2.24) is 10.6 Å². The minimum Gasteiger partial charge on any atom is -0.481 e. The van der Waals surface area contributed by atoms with Gasteiger partial charge in [-0.25, -0.2) is 4.79 Å². The molecule has 0 radical (unpaired) electrons. The van der Waals surface area contributed by atoms with E-state index in [1.54, 1.807) is 0 Å². The predicted molar refractivity (Wildman–Crippen MR) is 112 cm³/mol. The second-order valence-corrected chi connectivity index (χ2v) is 8.11. The summed E-state index contributed by atoms with van der Waals surface area (Å²) in [5.41, 5.74) is 0. The molecule has 2 aliphatic rings. The lowest BCUT2D eigenvalue weighted by Gasteiger charge is -2.27. The average molecular weight is 425 g/mol. The molecule has 0 aliphatic carbocycles. The Labute approximate surface area is 178 Å². The first-order chi connectivity index (χ1) is 14.5. The molecule has 2 saturated heterocycles. The molecular weight excluding hydrogens is 388 g/mol.